The highest BCUT2D eigenvalue weighted by Gasteiger charge is 2.53. The summed E-state index contributed by atoms with van der Waals surface area (Å²) in [7, 11) is -2.17. The van der Waals surface area contributed by atoms with Gasteiger partial charge in [0.2, 0.25) is 0 Å². The minimum Gasteiger partial charge on any atom is -0.423 e. The van der Waals surface area contributed by atoms with Gasteiger partial charge in [-0.05, 0) is 202 Å². The number of aryl methyl sites for hydroxylation is 1. The fraction of sp³-hybridized carbons (Fsp3) is 0.0704. The van der Waals surface area contributed by atoms with Gasteiger partial charge in [0.1, 0.15) is 0 Å². The highest BCUT2D eigenvalue weighted by atomic mass is 79.9. The Morgan fingerprint density at radius 2 is 0.756 bits per heavy atom. The van der Waals surface area contributed by atoms with E-state index in [1.54, 1.807) is 6.07 Å². The number of benzene rings is 11. The summed E-state index contributed by atoms with van der Waals surface area (Å²) < 4.78 is 82.4. The minimum absolute atomic E-state index is 0.0217. The van der Waals surface area contributed by atoms with Crippen LogP contribution in [0.4, 0.5) is 43.4 Å². The summed E-state index contributed by atoms with van der Waals surface area (Å²) in [4.78, 5) is 2.01. The predicted molar refractivity (Wildman–Crippen MR) is 341 cm³/mol. The Hall–Kier alpha value is -8.37. The van der Waals surface area contributed by atoms with Gasteiger partial charge in [-0.2, -0.15) is 26.3 Å². The van der Waals surface area contributed by atoms with Crippen molar-refractivity contribution >= 4 is 73.3 Å². The number of nitrogens with one attached hydrogen (secondary N) is 1. The number of fused-ring (bicyclic) bond motifs is 20. The topological polar surface area (TPSA) is 105 Å². The third-order valence-electron chi connectivity index (χ3n) is 17.1. The molecule has 0 amide bonds. The lowest BCUT2D eigenvalue weighted by Gasteiger charge is -2.31. The molecule has 4 aliphatic carbocycles. The van der Waals surface area contributed by atoms with Crippen LogP contribution in [0, 0.1) is 6.92 Å². The molecule has 15 rings (SSSR count). The number of nitrogens with two attached hydrogens (primary N) is 2. The van der Waals surface area contributed by atoms with Crippen molar-refractivity contribution in [3.63, 3.8) is 0 Å². The monoisotopic (exact) mass is 1290 g/mol. The summed E-state index contributed by atoms with van der Waals surface area (Å²) in [5.41, 5.74) is 32.6. The maximum Gasteiger partial charge on any atom is 0.489 e. The van der Waals surface area contributed by atoms with Gasteiger partial charge in [-0.1, -0.05) is 184 Å². The zero-order chi connectivity index (χ0) is 60.2. The van der Waals surface area contributed by atoms with Crippen LogP contribution >= 0.6 is 43.6 Å². The van der Waals surface area contributed by atoms with E-state index in [2.05, 4.69) is 172 Å². The standard InChI is InChI=1S/C39H27F3N2.C25H14Br2.C7H6BClF3NO2/c1-22-18-25(43)12-16-27(22)23-10-14-31-32-15-11-24(28-17-13-26(44)21-37(28)39(40,41)42)20-36(32)38(35(31)19-23)33-8-4-2-6-29(33)30-7-3-5-9-34(30)38;26-15-9-11-19-20-12-10-16(27)14-24(20)25(23(19)13-15)21-7-3-1-5-17(21)18-6-2-4-8-22(18)25;9-13-4-1-2-6(8(14)15)5(3-4)7(10,11)12/h2-21H,43-44H2,1H3;1-14H;1-3,13-15H. The first-order chi connectivity index (χ1) is 41.2. The van der Waals surface area contributed by atoms with Crippen molar-refractivity contribution in [3.8, 4) is 66.8 Å². The van der Waals surface area contributed by atoms with Gasteiger partial charge in [-0.3, -0.25) is 4.84 Å². The Kier molecular flexibility index (Phi) is 14.0. The first-order valence-corrected chi connectivity index (χ1v) is 29.3. The van der Waals surface area contributed by atoms with Crippen molar-refractivity contribution in [3.05, 3.63) is 295 Å². The van der Waals surface area contributed by atoms with Crippen LogP contribution in [0.2, 0.25) is 0 Å². The number of nitrogen functional groups attached to an aromatic ring is 2. The molecule has 424 valence electrons. The van der Waals surface area contributed by atoms with E-state index in [4.69, 9.17) is 33.3 Å². The van der Waals surface area contributed by atoms with Crippen LogP contribution in [0.5, 0.6) is 0 Å². The molecular weight excluding hydrogens is 1250 g/mol. The fourth-order valence-corrected chi connectivity index (χ4v) is 14.5. The van der Waals surface area contributed by atoms with E-state index < -0.39 is 41.5 Å². The molecular formula is C71H47BBr2ClF6N3O2. The van der Waals surface area contributed by atoms with Gasteiger partial charge in [0.05, 0.1) is 22.0 Å². The van der Waals surface area contributed by atoms with Gasteiger partial charge >= 0.3 is 19.5 Å². The van der Waals surface area contributed by atoms with Crippen molar-refractivity contribution in [2.45, 2.75) is 30.1 Å². The van der Waals surface area contributed by atoms with Crippen LogP contribution in [0.1, 0.15) is 61.2 Å². The lowest BCUT2D eigenvalue weighted by Crippen LogP contribution is -2.36. The average Bonchev–Trinajstić information content (AvgIpc) is 1.54. The predicted octanol–water partition coefficient (Wildman–Crippen LogP) is 18.4. The quantitative estimate of drug-likeness (QED) is 0.0523. The van der Waals surface area contributed by atoms with Crippen LogP contribution in [-0.4, -0.2) is 17.2 Å². The summed E-state index contributed by atoms with van der Waals surface area (Å²) in [6.45, 7) is 2.06. The molecule has 0 atom stereocenters. The smallest absolute Gasteiger partial charge is 0.423 e. The van der Waals surface area contributed by atoms with E-state index in [1.807, 2.05) is 53.4 Å². The Labute approximate surface area is 514 Å². The number of anilines is 3. The van der Waals surface area contributed by atoms with Crippen LogP contribution in [0.15, 0.2) is 233 Å². The maximum atomic E-state index is 14.3. The summed E-state index contributed by atoms with van der Waals surface area (Å²) in [5, 5.41) is 17.5. The van der Waals surface area contributed by atoms with Crippen LogP contribution < -0.4 is 21.8 Å². The van der Waals surface area contributed by atoms with E-state index in [0.717, 1.165) is 82.3 Å². The van der Waals surface area contributed by atoms with Crippen LogP contribution in [-0.2, 0) is 23.2 Å². The van der Waals surface area contributed by atoms with E-state index >= 15 is 0 Å². The van der Waals surface area contributed by atoms with Crippen molar-refractivity contribution in [2.24, 2.45) is 0 Å². The van der Waals surface area contributed by atoms with Gasteiger partial charge < -0.3 is 21.5 Å². The molecule has 5 nitrogen and oxygen atoms in total. The summed E-state index contributed by atoms with van der Waals surface area (Å²) in [6.07, 6.45) is -9.22. The highest BCUT2D eigenvalue weighted by molar-refractivity contribution is 9.10. The SMILES string of the molecule is Brc1ccc2c(c1)C1(c3ccccc3-c3ccccc31)c1cc(Br)ccc1-2.Cc1cc(N)ccc1-c1ccc2c(c1)C1(c3ccccc3-c3ccccc31)c1cc(-c3ccc(N)cc3C(F)(F)F)ccc1-2.OB(O)c1ccc(NCl)cc1C(F)(F)F. The third kappa shape index (κ3) is 8.98. The summed E-state index contributed by atoms with van der Waals surface area (Å²) in [5.74, 6) is 0. The zero-order valence-corrected chi connectivity index (χ0v) is 49.3. The molecule has 7 N–H and O–H groups in total. The van der Waals surface area contributed by atoms with Crippen molar-refractivity contribution in [1.82, 2.24) is 0 Å². The summed E-state index contributed by atoms with van der Waals surface area (Å²) in [6, 6.07) is 73.0. The molecule has 2 spiro atoms. The molecule has 86 heavy (non-hydrogen) atoms. The molecule has 0 radical (unpaired) electrons. The Morgan fingerprint density at radius 1 is 0.395 bits per heavy atom. The summed E-state index contributed by atoms with van der Waals surface area (Å²) >= 11 is 12.6. The van der Waals surface area contributed by atoms with Crippen molar-refractivity contribution < 1.29 is 36.4 Å². The second-order valence-electron chi connectivity index (χ2n) is 21.7. The molecule has 0 fully saturated rings. The molecule has 0 aromatic heterocycles. The van der Waals surface area contributed by atoms with Crippen LogP contribution in [0.3, 0.4) is 0 Å². The van der Waals surface area contributed by atoms with E-state index in [0.29, 0.717) is 17.3 Å². The zero-order valence-electron chi connectivity index (χ0n) is 45.4. The largest absolute Gasteiger partial charge is 0.489 e. The highest BCUT2D eigenvalue weighted by Crippen LogP contribution is 2.65. The average molecular weight is 1290 g/mol. The van der Waals surface area contributed by atoms with E-state index in [1.165, 1.54) is 62.7 Å². The van der Waals surface area contributed by atoms with Gasteiger partial charge in [-0.25, -0.2) is 0 Å². The molecule has 0 aliphatic heterocycles. The number of hydrogen-bond acceptors (Lipinski definition) is 5. The van der Waals surface area contributed by atoms with Gasteiger partial charge in [0.25, 0.3) is 0 Å². The molecule has 15 heteroatoms. The first-order valence-electron chi connectivity index (χ1n) is 27.3. The molecule has 11 aromatic rings. The molecule has 0 unspecified atom stereocenters. The van der Waals surface area contributed by atoms with Crippen molar-refractivity contribution in [1.29, 1.82) is 0 Å². The van der Waals surface area contributed by atoms with Crippen molar-refractivity contribution in [2.75, 3.05) is 16.3 Å². The lowest BCUT2D eigenvalue weighted by atomic mass is 9.70. The number of rotatable bonds is 4. The maximum absolute atomic E-state index is 14.3. The Balaban J connectivity index is 0.000000138. The third-order valence-corrected chi connectivity index (χ3v) is 18.3. The fourth-order valence-electron chi connectivity index (χ4n) is 13.7. The molecule has 0 saturated heterocycles. The second kappa shape index (κ2) is 21.2. The number of alkyl halides is 6. The molecule has 4 aliphatic rings. The minimum atomic E-state index is -4.66. The Morgan fingerprint density at radius 3 is 1.16 bits per heavy atom. The molecule has 0 heterocycles. The van der Waals surface area contributed by atoms with Crippen LogP contribution in [0.25, 0.3) is 66.8 Å². The molecule has 0 saturated carbocycles. The normalized spacial score (nSPS) is 13.6. The van der Waals surface area contributed by atoms with E-state index in [-0.39, 0.29) is 22.4 Å². The first kappa shape index (κ1) is 56.7. The van der Waals surface area contributed by atoms with Gasteiger partial charge in [0.15, 0.2) is 0 Å². The number of halogens is 9. The van der Waals surface area contributed by atoms with E-state index in [9.17, 15) is 26.3 Å². The van der Waals surface area contributed by atoms with Gasteiger partial charge in [0, 0.05) is 37.8 Å². The lowest BCUT2D eigenvalue weighted by molar-refractivity contribution is -0.137. The molecule has 0 bridgehead atoms. The number of hydrogen-bond donors (Lipinski definition) is 5. The van der Waals surface area contributed by atoms with Gasteiger partial charge in [-0.15, -0.1) is 0 Å². The molecule has 11 aromatic carbocycles. The second-order valence-corrected chi connectivity index (χ2v) is 23.7. The Bertz CT molecular complexity index is 4440.